The van der Waals surface area contributed by atoms with E-state index in [1.807, 2.05) is 0 Å². The average Bonchev–Trinajstić information content (AvgIpc) is 2.97. The molecule has 4 N–H and O–H groups in total. The molecule has 0 bridgehead atoms. The van der Waals surface area contributed by atoms with Gasteiger partial charge < -0.3 is 15.5 Å². The van der Waals surface area contributed by atoms with Crippen LogP contribution in [0, 0.1) is 0 Å². The lowest BCUT2D eigenvalue weighted by Gasteiger charge is -2.14. The van der Waals surface area contributed by atoms with Crippen LogP contribution < -0.4 is 16.7 Å². The second kappa shape index (κ2) is 7.89. The van der Waals surface area contributed by atoms with Crippen molar-refractivity contribution < 1.29 is 19.8 Å². The molecule has 1 amide bonds. The molecule has 150 valence electrons. The zero-order valence-corrected chi connectivity index (χ0v) is 15.3. The van der Waals surface area contributed by atoms with Gasteiger partial charge in [-0.1, -0.05) is 24.3 Å². The highest BCUT2D eigenvalue weighted by atomic mass is 16.4. The minimum absolute atomic E-state index is 0.0220. The molecule has 3 rings (SSSR count). The Bertz CT molecular complexity index is 1180. The number of hydrogen-bond donors (Lipinski definition) is 4. The summed E-state index contributed by atoms with van der Waals surface area (Å²) >= 11 is 0. The van der Waals surface area contributed by atoms with Gasteiger partial charge in [0.1, 0.15) is 17.5 Å². The molecule has 0 saturated heterocycles. The van der Waals surface area contributed by atoms with Gasteiger partial charge in [0.05, 0.1) is 5.69 Å². The first-order chi connectivity index (χ1) is 13.8. The zero-order chi connectivity index (χ0) is 21.1. The van der Waals surface area contributed by atoms with E-state index in [0.29, 0.717) is 11.3 Å². The Hall–Kier alpha value is -4.08. The monoisotopic (exact) mass is 398 g/mol. The van der Waals surface area contributed by atoms with E-state index in [1.165, 1.54) is 25.1 Å². The first-order valence-electron chi connectivity index (χ1n) is 8.59. The van der Waals surface area contributed by atoms with Crippen molar-refractivity contribution >= 4 is 11.9 Å². The van der Waals surface area contributed by atoms with Crippen molar-refractivity contribution in [1.82, 2.24) is 19.7 Å². The number of phenolic OH excluding ortho intramolecular Hbond substituents is 1. The maximum atomic E-state index is 12.8. The number of aromatic nitrogens is 3. The molecular weight excluding hydrogens is 380 g/mol. The smallest absolute Gasteiger partial charge is 0.356 e. The van der Waals surface area contributed by atoms with Crippen molar-refractivity contribution in [2.24, 2.45) is 0 Å². The van der Waals surface area contributed by atoms with Gasteiger partial charge >= 0.3 is 17.3 Å². The van der Waals surface area contributed by atoms with E-state index < -0.39 is 29.3 Å². The van der Waals surface area contributed by atoms with Crippen molar-refractivity contribution in [3.8, 4) is 17.1 Å². The molecule has 3 aromatic rings. The third kappa shape index (κ3) is 4.10. The summed E-state index contributed by atoms with van der Waals surface area (Å²) in [6.07, 6.45) is -0.0828. The van der Waals surface area contributed by atoms with Crippen LogP contribution in [0.2, 0.25) is 0 Å². The predicted octanol–water partition coefficient (Wildman–Crippen LogP) is 0.154. The summed E-state index contributed by atoms with van der Waals surface area (Å²) < 4.78 is 1.78. The van der Waals surface area contributed by atoms with Gasteiger partial charge in [0.25, 0.3) is 0 Å². The summed E-state index contributed by atoms with van der Waals surface area (Å²) in [4.78, 5) is 47.6. The fraction of sp³-hybridized carbons (Fsp3) is 0.158. The van der Waals surface area contributed by atoms with Gasteiger partial charge in [-0.2, -0.15) is 4.68 Å². The van der Waals surface area contributed by atoms with Gasteiger partial charge in [0.15, 0.2) is 0 Å². The SMILES string of the molecule is CC(=O)N[C@@H](Cc1ccc(O)c(-n2[nH]c(=O)n(-c3ccccc3)c2=O)c1)C(=O)O. The number of carboxylic acid groups (broad SMARTS) is 1. The van der Waals surface area contributed by atoms with Crippen LogP contribution in [0.25, 0.3) is 11.4 Å². The molecule has 0 unspecified atom stereocenters. The number of H-pyrrole nitrogens is 1. The van der Waals surface area contributed by atoms with Crippen molar-refractivity contribution in [3.05, 3.63) is 75.1 Å². The number of carbonyl (C=O) groups excluding carboxylic acids is 1. The molecule has 29 heavy (non-hydrogen) atoms. The number of rotatable bonds is 6. The van der Waals surface area contributed by atoms with Crippen LogP contribution in [0.5, 0.6) is 5.75 Å². The van der Waals surface area contributed by atoms with Crippen LogP contribution >= 0.6 is 0 Å². The molecule has 0 radical (unpaired) electrons. The normalized spacial score (nSPS) is 11.8. The molecule has 1 atom stereocenters. The van der Waals surface area contributed by atoms with Crippen LogP contribution in [0.4, 0.5) is 0 Å². The Morgan fingerprint density at radius 2 is 1.83 bits per heavy atom. The number of carboxylic acids is 1. The third-order valence-corrected chi connectivity index (χ3v) is 4.20. The highest BCUT2D eigenvalue weighted by Crippen LogP contribution is 2.22. The highest BCUT2D eigenvalue weighted by molar-refractivity contribution is 5.82. The number of hydrogen-bond acceptors (Lipinski definition) is 5. The van der Waals surface area contributed by atoms with Crippen LogP contribution in [0.15, 0.2) is 58.1 Å². The van der Waals surface area contributed by atoms with E-state index in [4.69, 9.17) is 0 Å². The summed E-state index contributed by atoms with van der Waals surface area (Å²) in [5.41, 5.74) is -0.673. The Labute approximate surface area is 163 Å². The standard InChI is InChI=1S/C19H18N4O6/c1-11(24)20-14(17(26)27)9-12-7-8-16(25)15(10-12)23-19(29)22(18(28)21-23)13-5-3-2-4-6-13/h2-8,10,14,25H,9H2,1H3,(H,20,24)(H,21,28)(H,26,27)/t14-/m0/s1. The van der Waals surface area contributed by atoms with Gasteiger partial charge in [-0.3, -0.25) is 4.79 Å². The first-order valence-corrected chi connectivity index (χ1v) is 8.59. The summed E-state index contributed by atoms with van der Waals surface area (Å²) in [6, 6.07) is 11.2. The van der Waals surface area contributed by atoms with Crippen LogP contribution in [0.3, 0.4) is 0 Å². The number of aromatic hydroxyl groups is 1. The molecule has 0 saturated carbocycles. The third-order valence-electron chi connectivity index (χ3n) is 4.20. The maximum absolute atomic E-state index is 12.8. The maximum Gasteiger partial charge on any atom is 0.356 e. The number of aromatic amines is 1. The lowest BCUT2D eigenvalue weighted by atomic mass is 10.0. The van der Waals surface area contributed by atoms with Crippen molar-refractivity contribution in [1.29, 1.82) is 0 Å². The number of aliphatic carboxylic acids is 1. The molecule has 0 spiro atoms. The molecule has 2 aromatic carbocycles. The lowest BCUT2D eigenvalue weighted by Crippen LogP contribution is -2.41. The summed E-state index contributed by atoms with van der Waals surface area (Å²) in [6.45, 7) is 1.20. The molecular formula is C19H18N4O6. The number of benzene rings is 2. The summed E-state index contributed by atoms with van der Waals surface area (Å²) in [5.74, 6) is -2.02. The van der Waals surface area contributed by atoms with Crippen molar-refractivity contribution in [3.63, 3.8) is 0 Å². The topological polar surface area (TPSA) is 146 Å². The molecule has 0 aliphatic heterocycles. The van der Waals surface area contributed by atoms with Gasteiger partial charge in [-0.25, -0.2) is 24.0 Å². The molecule has 10 nitrogen and oxygen atoms in total. The number of para-hydroxylation sites is 1. The predicted molar refractivity (Wildman–Crippen MR) is 103 cm³/mol. The van der Waals surface area contributed by atoms with Gasteiger partial charge in [0, 0.05) is 13.3 Å². The molecule has 10 heteroatoms. The van der Waals surface area contributed by atoms with E-state index >= 15 is 0 Å². The van der Waals surface area contributed by atoms with Crippen LogP contribution in [-0.4, -0.2) is 42.5 Å². The minimum Gasteiger partial charge on any atom is -0.506 e. The van der Waals surface area contributed by atoms with E-state index in [9.17, 15) is 29.4 Å². The van der Waals surface area contributed by atoms with E-state index in [-0.39, 0.29) is 17.9 Å². The molecule has 1 aromatic heterocycles. The van der Waals surface area contributed by atoms with Crippen LogP contribution in [0.1, 0.15) is 12.5 Å². The Morgan fingerprint density at radius 1 is 1.14 bits per heavy atom. The average molecular weight is 398 g/mol. The lowest BCUT2D eigenvalue weighted by molar-refractivity contribution is -0.141. The van der Waals surface area contributed by atoms with Crippen LogP contribution in [-0.2, 0) is 16.0 Å². The second-order valence-electron chi connectivity index (χ2n) is 6.32. The first kappa shape index (κ1) is 19.7. The van der Waals surface area contributed by atoms with E-state index in [1.54, 1.807) is 30.3 Å². The van der Waals surface area contributed by atoms with E-state index in [2.05, 4.69) is 10.4 Å². The van der Waals surface area contributed by atoms with Gasteiger partial charge in [-0.15, -0.1) is 0 Å². The number of nitrogens with one attached hydrogen (secondary N) is 2. The number of phenols is 1. The largest absolute Gasteiger partial charge is 0.506 e. The van der Waals surface area contributed by atoms with Gasteiger partial charge in [-0.05, 0) is 29.8 Å². The number of nitrogens with zero attached hydrogens (tertiary/aromatic N) is 2. The Kier molecular flexibility index (Phi) is 5.35. The second-order valence-corrected chi connectivity index (χ2v) is 6.32. The number of carbonyl (C=O) groups is 2. The molecule has 0 aliphatic carbocycles. The van der Waals surface area contributed by atoms with Gasteiger partial charge in [0.2, 0.25) is 5.91 Å². The molecule has 1 heterocycles. The Morgan fingerprint density at radius 3 is 2.45 bits per heavy atom. The number of amides is 1. The fourth-order valence-electron chi connectivity index (χ4n) is 2.90. The fourth-order valence-corrected chi connectivity index (χ4v) is 2.90. The Balaban J connectivity index is 2.04. The summed E-state index contributed by atoms with van der Waals surface area (Å²) in [7, 11) is 0. The summed E-state index contributed by atoms with van der Waals surface area (Å²) in [5, 5.41) is 24.1. The minimum atomic E-state index is -1.23. The van der Waals surface area contributed by atoms with Crippen molar-refractivity contribution in [2.75, 3.05) is 0 Å². The van der Waals surface area contributed by atoms with Crippen molar-refractivity contribution in [2.45, 2.75) is 19.4 Å². The zero-order valence-electron chi connectivity index (χ0n) is 15.3. The molecule has 0 aliphatic rings. The highest BCUT2D eigenvalue weighted by Gasteiger charge is 2.21. The quantitative estimate of drug-likeness (QED) is 0.465. The molecule has 0 fully saturated rings. The van der Waals surface area contributed by atoms with E-state index in [0.717, 1.165) is 9.25 Å².